The van der Waals surface area contributed by atoms with Gasteiger partial charge in [0.25, 0.3) is 0 Å². The number of benzene rings is 2. The van der Waals surface area contributed by atoms with E-state index in [2.05, 4.69) is 17.1 Å². The van der Waals surface area contributed by atoms with Crippen molar-refractivity contribution in [2.24, 2.45) is 5.92 Å². The number of carboxylic acids is 1. The lowest BCUT2D eigenvalue weighted by atomic mass is 9.90. The molecule has 1 aliphatic heterocycles. The standard InChI is InChI=1S/C33H29ClF3N3O4/c34-26-6-1-5-24(27-7-2-8-28(38-27)40-17-15-25(32(42)43)30(40)33(35,36)37)29(26)44-19-20-9-11-21(12-10-20)23-4-3-16-39(18-23)31(41)22-13-14-22/h1-2,5-12,15,17,22-23H,3-4,13-14,16,18-19H2,(H,42,43)/t23-/m1/s1. The molecule has 228 valence electrons. The maximum atomic E-state index is 13.8. The van der Waals surface area contributed by atoms with E-state index in [0.29, 0.717) is 32.5 Å². The maximum Gasteiger partial charge on any atom is 0.432 e. The summed E-state index contributed by atoms with van der Waals surface area (Å²) in [5, 5.41) is 9.60. The van der Waals surface area contributed by atoms with E-state index in [9.17, 15) is 27.9 Å². The van der Waals surface area contributed by atoms with E-state index in [4.69, 9.17) is 16.3 Å². The van der Waals surface area contributed by atoms with Crippen molar-refractivity contribution in [3.63, 3.8) is 0 Å². The van der Waals surface area contributed by atoms with Crippen molar-refractivity contribution in [2.75, 3.05) is 13.1 Å². The molecule has 11 heteroatoms. The SMILES string of the molecule is O=C(O)c1ccn(-c2cccc(-c3cccc(Cl)c3OCc3ccc([C@@H]4CCCN(C(=O)C5CC5)C4)cc3)n2)c1C(F)(F)F. The van der Waals surface area contributed by atoms with Gasteiger partial charge < -0.3 is 14.7 Å². The lowest BCUT2D eigenvalue weighted by molar-refractivity contribution is -0.142. The fraction of sp³-hybridized carbons (Fsp3) is 0.303. The fourth-order valence-electron chi connectivity index (χ4n) is 5.73. The minimum Gasteiger partial charge on any atom is -0.487 e. The number of carbonyl (C=O) groups is 2. The lowest BCUT2D eigenvalue weighted by Crippen LogP contribution is -2.39. The van der Waals surface area contributed by atoms with Crippen molar-refractivity contribution < 1.29 is 32.6 Å². The van der Waals surface area contributed by atoms with Gasteiger partial charge in [0, 0.05) is 36.7 Å². The summed E-state index contributed by atoms with van der Waals surface area (Å²) in [6, 6.07) is 18.6. The van der Waals surface area contributed by atoms with Gasteiger partial charge in [-0.05, 0) is 67.1 Å². The number of hydrogen-bond donors (Lipinski definition) is 1. The Balaban J connectivity index is 1.21. The zero-order valence-electron chi connectivity index (χ0n) is 23.6. The van der Waals surface area contributed by atoms with E-state index in [-0.39, 0.29) is 24.2 Å². The molecule has 1 saturated carbocycles. The molecule has 1 atom stereocenters. The van der Waals surface area contributed by atoms with E-state index < -0.39 is 23.4 Å². The van der Waals surface area contributed by atoms with Crippen molar-refractivity contribution >= 4 is 23.5 Å². The van der Waals surface area contributed by atoms with Crippen molar-refractivity contribution in [3.05, 3.63) is 100 Å². The number of para-hydroxylation sites is 1. The van der Waals surface area contributed by atoms with Crippen LogP contribution in [-0.2, 0) is 17.6 Å². The summed E-state index contributed by atoms with van der Waals surface area (Å²) in [6.07, 6.45) is 0.143. The molecule has 0 spiro atoms. The van der Waals surface area contributed by atoms with Crippen LogP contribution in [0.2, 0.25) is 5.02 Å². The fourth-order valence-corrected chi connectivity index (χ4v) is 5.96. The third kappa shape index (κ3) is 6.17. The van der Waals surface area contributed by atoms with Gasteiger partial charge in [-0.1, -0.05) is 48.0 Å². The number of nitrogens with zero attached hydrogens (tertiary/aromatic N) is 3. The number of ether oxygens (including phenoxy) is 1. The van der Waals surface area contributed by atoms with Crippen molar-refractivity contribution in [2.45, 2.75) is 44.4 Å². The molecule has 2 aromatic heterocycles. The highest BCUT2D eigenvalue weighted by atomic mass is 35.5. The highest BCUT2D eigenvalue weighted by Gasteiger charge is 2.40. The van der Waals surface area contributed by atoms with E-state index in [0.717, 1.165) is 56.6 Å². The number of rotatable bonds is 8. The molecule has 1 saturated heterocycles. The largest absolute Gasteiger partial charge is 0.487 e. The summed E-state index contributed by atoms with van der Waals surface area (Å²) in [5.74, 6) is -0.677. The zero-order chi connectivity index (χ0) is 31.0. The Kier molecular flexibility index (Phi) is 8.11. The molecule has 1 aliphatic carbocycles. The van der Waals surface area contributed by atoms with Crippen LogP contribution in [0.15, 0.2) is 72.9 Å². The summed E-state index contributed by atoms with van der Waals surface area (Å²) in [6.45, 7) is 1.75. The minimum absolute atomic E-state index is 0.107. The Morgan fingerprint density at radius 3 is 2.45 bits per heavy atom. The number of likely N-dealkylation sites (tertiary alicyclic amines) is 1. The maximum absolute atomic E-state index is 13.8. The molecule has 44 heavy (non-hydrogen) atoms. The Hall–Kier alpha value is -4.31. The molecule has 6 rings (SSSR count). The monoisotopic (exact) mass is 623 g/mol. The Morgan fingerprint density at radius 2 is 1.75 bits per heavy atom. The number of carboxylic acid groups (broad SMARTS) is 1. The van der Waals surface area contributed by atoms with Crippen LogP contribution < -0.4 is 4.74 Å². The molecule has 2 aromatic carbocycles. The van der Waals surface area contributed by atoms with E-state index in [1.807, 2.05) is 17.0 Å². The molecule has 1 amide bonds. The summed E-state index contributed by atoms with van der Waals surface area (Å²) in [4.78, 5) is 30.4. The first-order chi connectivity index (χ1) is 21.1. The summed E-state index contributed by atoms with van der Waals surface area (Å²) < 4.78 is 48.4. The zero-order valence-corrected chi connectivity index (χ0v) is 24.3. The second kappa shape index (κ2) is 12.0. The van der Waals surface area contributed by atoms with Crippen molar-refractivity contribution in [3.8, 4) is 22.8 Å². The lowest BCUT2D eigenvalue weighted by Gasteiger charge is -2.33. The van der Waals surface area contributed by atoms with Gasteiger partial charge in [0.1, 0.15) is 23.9 Å². The van der Waals surface area contributed by atoms with E-state index in [1.165, 1.54) is 17.7 Å². The molecular formula is C33H29ClF3N3O4. The van der Waals surface area contributed by atoms with Gasteiger partial charge in [-0.25, -0.2) is 9.78 Å². The molecule has 4 aromatic rings. The second-order valence-corrected chi connectivity index (χ2v) is 11.6. The predicted octanol–water partition coefficient (Wildman–Crippen LogP) is 7.60. The van der Waals surface area contributed by atoms with Gasteiger partial charge in [0.15, 0.2) is 0 Å². The highest BCUT2D eigenvalue weighted by molar-refractivity contribution is 6.32. The number of halogens is 4. The van der Waals surface area contributed by atoms with Crippen molar-refractivity contribution in [1.82, 2.24) is 14.5 Å². The molecule has 2 aliphatic rings. The molecule has 0 bridgehead atoms. The van der Waals surface area contributed by atoms with Crippen LogP contribution >= 0.6 is 11.6 Å². The first kappa shape index (κ1) is 29.7. The predicted molar refractivity (Wildman–Crippen MR) is 158 cm³/mol. The number of amides is 1. The molecule has 2 fully saturated rings. The average Bonchev–Trinajstić information content (AvgIpc) is 3.76. The topological polar surface area (TPSA) is 84.7 Å². The van der Waals surface area contributed by atoms with Crippen LogP contribution in [0.3, 0.4) is 0 Å². The van der Waals surface area contributed by atoms with Gasteiger partial charge in [-0.3, -0.25) is 9.36 Å². The van der Waals surface area contributed by atoms with Gasteiger partial charge in [0.2, 0.25) is 5.91 Å². The number of alkyl halides is 3. The van der Waals surface area contributed by atoms with Crippen LogP contribution in [-0.4, -0.2) is 44.5 Å². The number of hydrogen-bond acceptors (Lipinski definition) is 4. The quantitative estimate of drug-likeness (QED) is 0.218. The van der Waals surface area contributed by atoms with Crippen LogP contribution in [0.1, 0.15) is 58.8 Å². The van der Waals surface area contributed by atoms with Crippen LogP contribution in [0.25, 0.3) is 17.1 Å². The van der Waals surface area contributed by atoms with Crippen LogP contribution in [0, 0.1) is 5.92 Å². The molecule has 0 unspecified atom stereocenters. The summed E-state index contributed by atoms with van der Waals surface area (Å²) in [7, 11) is 0. The Labute approximate surface area is 256 Å². The van der Waals surface area contributed by atoms with E-state index >= 15 is 0 Å². The van der Waals surface area contributed by atoms with Gasteiger partial charge in [0.05, 0.1) is 16.3 Å². The van der Waals surface area contributed by atoms with Gasteiger partial charge >= 0.3 is 12.1 Å². The second-order valence-electron chi connectivity index (χ2n) is 11.2. The first-order valence-corrected chi connectivity index (χ1v) is 14.8. The number of aromatic nitrogens is 2. The van der Waals surface area contributed by atoms with Crippen molar-refractivity contribution in [1.29, 1.82) is 0 Å². The number of carbonyl (C=O) groups excluding carboxylic acids is 1. The molecule has 3 heterocycles. The summed E-state index contributed by atoms with van der Waals surface area (Å²) in [5.41, 5.74) is 0.655. The smallest absolute Gasteiger partial charge is 0.432 e. The molecule has 1 N–H and O–H groups in total. The first-order valence-electron chi connectivity index (χ1n) is 14.4. The summed E-state index contributed by atoms with van der Waals surface area (Å²) >= 11 is 6.51. The number of pyridine rings is 1. The van der Waals surface area contributed by atoms with Crippen LogP contribution in [0.5, 0.6) is 5.75 Å². The number of piperidine rings is 1. The molecule has 0 radical (unpaired) electrons. The Morgan fingerprint density at radius 1 is 1.00 bits per heavy atom. The van der Waals surface area contributed by atoms with Crippen LogP contribution in [0.4, 0.5) is 13.2 Å². The average molecular weight is 624 g/mol. The highest BCUT2D eigenvalue weighted by Crippen LogP contribution is 2.38. The normalized spacial score (nSPS) is 17.0. The minimum atomic E-state index is -4.92. The third-order valence-electron chi connectivity index (χ3n) is 8.10. The molecular weight excluding hydrogens is 595 g/mol. The van der Waals surface area contributed by atoms with E-state index in [1.54, 1.807) is 24.3 Å². The third-order valence-corrected chi connectivity index (χ3v) is 8.40. The van der Waals surface area contributed by atoms with Gasteiger partial charge in [-0.2, -0.15) is 13.2 Å². The molecule has 7 nitrogen and oxygen atoms in total. The Bertz CT molecular complexity index is 1700. The van der Waals surface area contributed by atoms with Gasteiger partial charge in [-0.15, -0.1) is 0 Å². The number of aromatic carboxylic acids is 1.